The minimum atomic E-state index is -3.63. The number of fused-ring (bicyclic) bond motifs is 2. The first-order valence-corrected chi connectivity index (χ1v) is 14.3. The van der Waals surface area contributed by atoms with Crippen molar-refractivity contribution in [1.82, 2.24) is 38.7 Å². The van der Waals surface area contributed by atoms with Gasteiger partial charge in [0.05, 0.1) is 11.7 Å². The number of aromatic nitrogens is 6. The van der Waals surface area contributed by atoms with Crippen LogP contribution in [0, 0.1) is 24.6 Å². The van der Waals surface area contributed by atoms with Gasteiger partial charge < -0.3 is 14.8 Å². The molecule has 6 heterocycles. The number of imidazole rings is 1. The number of halogens is 1. The summed E-state index contributed by atoms with van der Waals surface area (Å²) in [4.78, 5) is 24.0. The Morgan fingerprint density at radius 2 is 1.74 bits per heavy atom. The molecule has 2 aliphatic rings. The molecule has 0 bridgehead atoms. The fourth-order valence-electron chi connectivity index (χ4n) is 5.75. The van der Waals surface area contributed by atoms with E-state index in [2.05, 4.69) is 42.2 Å². The fraction of sp³-hybridized carbons (Fsp3) is 0.423. The Labute approximate surface area is 226 Å². The molecule has 2 unspecified atom stereocenters. The van der Waals surface area contributed by atoms with Crippen molar-refractivity contribution >= 4 is 33.0 Å². The lowest BCUT2D eigenvalue weighted by molar-refractivity contribution is 0.349. The van der Waals surface area contributed by atoms with Crippen LogP contribution in [0.2, 0.25) is 0 Å². The van der Waals surface area contributed by atoms with Crippen LogP contribution >= 0.6 is 0 Å². The molecule has 0 radical (unpaired) electrons. The summed E-state index contributed by atoms with van der Waals surface area (Å²) in [5.74, 6) is 1.44. The van der Waals surface area contributed by atoms with E-state index in [1.807, 2.05) is 31.4 Å². The first-order chi connectivity index (χ1) is 18.6. The van der Waals surface area contributed by atoms with E-state index in [-0.39, 0.29) is 22.6 Å². The quantitative estimate of drug-likeness (QED) is 0.385. The van der Waals surface area contributed by atoms with Gasteiger partial charge in [0.25, 0.3) is 0 Å². The van der Waals surface area contributed by atoms with Crippen molar-refractivity contribution in [3.8, 4) is 11.3 Å². The molecule has 0 amide bonds. The van der Waals surface area contributed by atoms with Gasteiger partial charge in [-0.2, -0.15) is 4.31 Å². The lowest BCUT2D eigenvalue weighted by Crippen LogP contribution is -2.32. The SMILES string of the molecule is Cc1nc2ncc(-c3nc(Nc4ccc(S(=O)(=O)N5CC6CN(C)CC6C5)cn4)ncc3F)cc2n1C(C)C. The smallest absolute Gasteiger partial charge is 0.244 e. The Morgan fingerprint density at radius 1 is 1.00 bits per heavy atom. The Balaban J connectivity index is 1.22. The molecule has 1 N–H and O–H groups in total. The number of nitrogens with zero attached hydrogens (tertiary/aromatic N) is 8. The maximum Gasteiger partial charge on any atom is 0.244 e. The van der Waals surface area contributed by atoms with Crippen LogP contribution in [0.3, 0.4) is 0 Å². The Bertz CT molecular complexity index is 1640. The molecule has 4 aromatic heterocycles. The zero-order valence-corrected chi connectivity index (χ0v) is 23.0. The minimum absolute atomic E-state index is 0.0838. The summed E-state index contributed by atoms with van der Waals surface area (Å²) in [7, 11) is -1.56. The summed E-state index contributed by atoms with van der Waals surface area (Å²) in [6.07, 6.45) is 3.95. The second-order valence-electron chi connectivity index (χ2n) is 10.6. The molecular formula is C26H30FN9O2S. The second-order valence-corrected chi connectivity index (χ2v) is 12.6. The molecule has 4 aromatic rings. The van der Waals surface area contributed by atoms with Gasteiger partial charge in [-0.1, -0.05) is 0 Å². The monoisotopic (exact) mass is 551 g/mol. The lowest BCUT2D eigenvalue weighted by atomic mass is 10.0. The normalized spacial score (nSPS) is 20.3. The van der Waals surface area contributed by atoms with E-state index in [1.165, 1.54) is 18.5 Å². The number of hydrogen-bond acceptors (Lipinski definition) is 9. The number of anilines is 2. The van der Waals surface area contributed by atoms with E-state index in [1.54, 1.807) is 10.4 Å². The van der Waals surface area contributed by atoms with Gasteiger partial charge in [-0.3, -0.25) is 0 Å². The molecule has 13 heteroatoms. The van der Waals surface area contributed by atoms with Crippen LogP contribution in [-0.4, -0.2) is 80.3 Å². The number of likely N-dealkylation sites (tertiary alicyclic amines) is 1. The lowest BCUT2D eigenvalue weighted by Gasteiger charge is -2.19. The summed E-state index contributed by atoms with van der Waals surface area (Å²) in [6, 6.07) is 5.05. The van der Waals surface area contributed by atoms with Crippen LogP contribution in [0.1, 0.15) is 25.7 Å². The van der Waals surface area contributed by atoms with Crippen molar-refractivity contribution in [1.29, 1.82) is 0 Å². The van der Waals surface area contributed by atoms with E-state index in [0.717, 1.165) is 30.6 Å². The van der Waals surface area contributed by atoms with Crippen molar-refractivity contribution in [3.63, 3.8) is 0 Å². The molecule has 0 saturated carbocycles. The van der Waals surface area contributed by atoms with Crippen LogP contribution < -0.4 is 5.32 Å². The van der Waals surface area contributed by atoms with E-state index in [0.29, 0.717) is 42.0 Å². The highest BCUT2D eigenvalue weighted by Gasteiger charge is 2.43. The molecule has 0 spiro atoms. The topological polar surface area (TPSA) is 122 Å². The van der Waals surface area contributed by atoms with Crippen molar-refractivity contribution < 1.29 is 12.8 Å². The molecule has 6 rings (SSSR count). The molecule has 39 heavy (non-hydrogen) atoms. The van der Waals surface area contributed by atoms with Gasteiger partial charge in [0, 0.05) is 50.2 Å². The van der Waals surface area contributed by atoms with Crippen LogP contribution in [0.25, 0.3) is 22.4 Å². The summed E-state index contributed by atoms with van der Waals surface area (Å²) in [5, 5.41) is 2.95. The molecule has 0 aliphatic carbocycles. The third kappa shape index (κ3) is 4.64. The van der Waals surface area contributed by atoms with Crippen LogP contribution in [0.15, 0.2) is 41.7 Å². The molecule has 2 fully saturated rings. The molecular weight excluding hydrogens is 521 g/mol. The average Bonchev–Trinajstić information content (AvgIpc) is 3.55. The zero-order valence-electron chi connectivity index (χ0n) is 22.2. The van der Waals surface area contributed by atoms with Crippen LogP contribution in [-0.2, 0) is 10.0 Å². The van der Waals surface area contributed by atoms with Gasteiger partial charge in [-0.05, 0) is 57.9 Å². The number of pyridine rings is 2. The summed E-state index contributed by atoms with van der Waals surface area (Å²) in [5.41, 5.74) is 1.95. The fourth-order valence-corrected chi connectivity index (χ4v) is 7.25. The molecule has 204 valence electrons. The van der Waals surface area contributed by atoms with Gasteiger partial charge >= 0.3 is 0 Å². The van der Waals surface area contributed by atoms with Gasteiger partial charge in [0.1, 0.15) is 22.2 Å². The third-order valence-corrected chi connectivity index (χ3v) is 9.32. The maximum absolute atomic E-state index is 14.8. The number of nitrogens with one attached hydrogen (secondary N) is 1. The van der Waals surface area contributed by atoms with Crippen molar-refractivity contribution in [2.45, 2.75) is 31.7 Å². The maximum atomic E-state index is 14.8. The van der Waals surface area contributed by atoms with Gasteiger partial charge in [-0.25, -0.2) is 37.7 Å². The molecule has 0 aromatic carbocycles. The Kier molecular flexibility index (Phi) is 6.31. The van der Waals surface area contributed by atoms with E-state index in [9.17, 15) is 12.8 Å². The first-order valence-electron chi connectivity index (χ1n) is 12.9. The van der Waals surface area contributed by atoms with Crippen LogP contribution in [0.5, 0.6) is 0 Å². The van der Waals surface area contributed by atoms with Crippen LogP contribution in [0.4, 0.5) is 16.2 Å². The predicted molar refractivity (Wildman–Crippen MR) is 144 cm³/mol. The summed E-state index contributed by atoms with van der Waals surface area (Å²) < 4.78 is 44.8. The van der Waals surface area contributed by atoms with E-state index in [4.69, 9.17) is 0 Å². The standard InChI is InChI=1S/C26H30FN9O2S/c1-15(2)36-16(3)31-25-22(36)7-17(8-29-25)24-21(27)10-30-26(33-24)32-23-6-5-20(9-28-23)39(37,38)35-13-18-11-34(4)12-19(18)14-35/h5-10,15,18-19H,11-14H2,1-4H3,(H,28,30,32,33). The highest BCUT2D eigenvalue weighted by molar-refractivity contribution is 7.89. The second kappa shape index (κ2) is 9.57. The van der Waals surface area contributed by atoms with Gasteiger partial charge in [0.2, 0.25) is 16.0 Å². The van der Waals surface area contributed by atoms with Gasteiger partial charge in [-0.15, -0.1) is 0 Å². The molecule has 11 nitrogen and oxygen atoms in total. The molecule has 2 atom stereocenters. The highest BCUT2D eigenvalue weighted by Crippen LogP contribution is 2.34. The molecule has 2 aliphatic heterocycles. The average molecular weight is 552 g/mol. The van der Waals surface area contributed by atoms with Crippen molar-refractivity contribution in [3.05, 3.63) is 48.4 Å². The predicted octanol–water partition coefficient (Wildman–Crippen LogP) is 3.24. The number of hydrogen-bond donors (Lipinski definition) is 1. The van der Waals surface area contributed by atoms with E-state index >= 15 is 0 Å². The Hall–Kier alpha value is -3.55. The number of aryl methyl sites for hydroxylation is 1. The minimum Gasteiger partial charge on any atom is -0.324 e. The number of sulfonamides is 1. The Morgan fingerprint density at radius 3 is 2.41 bits per heavy atom. The zero-order chi connectivity index (χ0) is 27.5. The third-order valence-electron chi connectivity index (χ3n) is 7.51. The van der Waals surface area contributed by atoms with E-state index < -0.39 is 15.8 Å². The first kappa shape index (κ1) is 25.7. The summed E-state index contributed by atoms with van der Waals surface area (Å²) in [6.45, 7) is 8.90. The highest BCUT2D eigenvalue weighted by atomic mass is 32.2. The summed E-state index contributed by atoms with van der Waals surface area (Å²) >= 11 is 0. The van der Waals surface area contributed by atoms with Crippen molar-refractivity contribution in [2.75, 3.05) is 38.5 Å². The molecule has 2 saturated heterocycles. The largest absolute Gasteiger partial charge is 0.324 e. The van der Waals surface area contributed by atoms with Gasteiger partial charge in [0.15, 0.2) is 11.5 Å². The van der Waals surface area contributed by atoms with Crippen molar-refractivity contribution in [2.24, 2.45) is 11.8 Å². The number of rotatable bonds is 6.